The van der Waals surface area contributed by atoms with E-state index in [2.05, 4.69) is 10.3 Å². The summed E-state index contributed by atoms with van der Waals surface area (Å²) in [6.45, 7) is 6.34. The van der Waals surface area contributed by atoms with Crippen molar-refractivity contribution in [3.05, 3.63) is 38.9 Å². The number of aromatic amines is 1. The van der Waals surface area contributed by atoms with E-state index in [1.165, 1.54) is 4.57 Å². The Kier molecular flexibility index (Phi) is 4.57. The number of carbonyl (C=O) groups is 1. The van der Waals surface area contributed by atoms with Gasteiger partial charge in [-0.15, -0.1) is 0 Å². The number of amides is 1. The summed E-state index contributed by atoms with van der Waals surface area (Å²) in [5, 5.41) is 3.43. The van der Waals surface area contributed by atoms with Gasteiger partial charge in [-0.05, 0) is 50.7 Å². The van der Waals surface area contributed by atoms with Gasteiger partial charge < -0.3 is 10.3 Å². The van der Waals surface area contributed by atoms with Crippen molar-refractivity contribution in [3.8, 4) is 0 Å². The molecule has 1 aromatic heterocycles. The summed E-state index contributed by atoms with van der Waals surface area (Å²) in [7, 11) is 0. The summed E-state index contributed by atoms with van der Waals surface area (Å²) >= 11 is 5.17. The molecule has 2 aromatic rings. The molecule has 1 heterocycles. The molecule has 0 unspecified atom stereocenters. The first-order valence-electron chi connectivity index (χ1n) is 7.05. The molecule has 0 bridgehead atoms. The molecule has 0 aliphatic rings. The zero-order valence-corrected chi connectivity index (χ0v) is 13.2. The smallest absolute Gasteiger partial charge is 0.262 e. The van der Waals surface area contributed by atoms with Crippen LogP contribution in [0.15, 0.2) is 23.0 Å². The lowest BCUT2D eigenvalue weighted by molar-refractivity contribution is 0.0939. The minimum absolute atomic E-state index is 0.111. The van der Waals surface area contributed by atoms with Gasteiger partial charge in [0.15, 0.2) is 4.77 Å². The Hall–Kier alpha value is -1.95. The lowest BCUT2D eigenvalue weighted by Crippen LogP contribution is -2.32. The number of H-pyrrole nitrogens is 1. The molecule has 0 aliphatic heterocycles. The van der Waals surface area contributed by atoms with Crippen LogP contribution in [0, 0.1) is 4.77 Å². The molecule has 1 atom stereocenters. The molecule has 2 N–H and O–H groups in total. The summed E-state index contributed by atoms with van der Waals surface area (Å²) in [5.41, 5.74) is 0.971. The fraction of sp³-hybridized carbons (Fsp3) is 0.400. The van der Waals surface area contributed by atoms with Crippen LogP contribution < -0.4 is 10.9 Å². The van der Waals surface area contributed by atoms with E-state index in [4.69, 9.17) is 12.2 Å². The molecule has 112 valence electrons. The van der Waals surface area contributed by atoms with Crippen molar-refractivity contribution in [3.63, 3.8) is 0 Å². The molecule has 0 saturated heterocycles. The molecule has 5 nitrogen and oxygen atoms in total. The highest BCUT2D eigenvalue weighted by atomic mass is 32.1. The average molecular weight is 305 g/mol. The van der Waals surface area contributed by atoms with Gasteiger partial charge in [0.1, 0.15) is 0 Å². The maximum Gasteiger partial charge on any atom is 0.262 e. The van der Waals surface area contributed by atoms with Crippen LogP contribution in [0.3, 0.4) is 0 Å². The van der Waals surface area contributed by atoms with Crippen molar-refractivity contribution in [2.24, 2.45) is 0 Å². The molecule has 21 heavy (non-hydrogen) atoms. The van der Waals surface area contributed by atoms with Gasteiger partial charge in [-0.3, -0.25) is 14.2 Å². The SMILES string of the molecule is CC[C@@H](C)NC(=O)c1ccc2c(=O)n(CC)c(=S)[nH]c2c1. The molecular formula is C15H19N3O2S. The van der Waals surface area contributed by atoms with E-state index in [-0.39, 0.29) is 17.5 Å². The number of hydrogen-bond acceptors (Lipinski definition) is 3. The molecule has 2 rings (SSSR count). The molecule has 0 saturated carbocycles. The number of aromatic nitrogens is 2. The van der Waals surface area contributed by atoms with Gasteiger partial charge in [-0.1, -0.05) is 6.92 Å². The third-order valence-corrected chi connectivity index (χ3v) is 3.87. The van der Waals surface area contributed by atoms with Crippen LogP contribution in [-0.2, 0) is 6.54 Å². The lowest BCUT2D eigenvalue weighted by Gasteiger charge is -2.12. The first-order chi connectivity index (χ1) is 9.97. The van der Waals surface area contributed by atoms with E-state index in [0.717, 1.165) is 6.42 Å². The van der Waals surface area contributed by atoms with Crippen LogP contribution in [0.2, 0.25) is 0 Å². The Morgan fingerprint density at radius 3 is 2.76 bits per heavy atom. The second kappa shape index (κ2) is 6.22. The third-order valence-electron chi connectivity index (χ3n) is 3.55. The molecule has 0 aliphatic carbocycles. The summed E-state index contributed by atoms with van der Waals surface area (Å²) < 4.78 is 1.87. The van der Waals surface area contributed by atoms with Gasteiger partial charge >= 0.3 is 0 Å². The molecule has 1 amide bonds. The number of nitrogens with one attached hydrogen (secondary N) is 2. The van der Waals surface area contributed by atoms with E-state index in [1.54, 1.807) is 18.2 Å². The normalized spacial score (nSPS) is 12.3. The molecular weight excluding hydrogens is 286 g/mol. The summed E-state index contributed by atoms with van der Waals surface area (Å²) in [6.07, 6.45) is 0.864. The quantitative estimate of drug-likeness (QED) is 0.853. The van der Waals surface area contributed by atoms with Crippen LogP contribution in [0.25, 0.3) is 10.9 Å². The van der Waals surface area contributed by atoms with Gasteiger partial charge in [0, 0.05) is 18.2 Å². The van der Waals surface area contributed by atoms with E-state index in [0.29, 0.717) is 27.8 Å². The summed E-state index contributed by atoms with van der Waals surface area (Å²) in [5.74, 6) is -0.148. The molecule has 0 radical (unpaired) electrons. The zero-order chi connectivity index (χ0) is 15.6. The van der Waals surface area contributed by atoms with Crippen molar-refractivity contribution >= 4 is 29.0 Å². The predicted molar refractivity (Wildman–Crippen MR) is 86.3 cm³/mol. The molecule has 1 aromatic carbocycles. The van der Waals surface area contributed by atoms with E-state index in [9.17, 15) is 9.59 Å². The number of carbonyl (C=O) groups excluding carboxylic acids is 1. The largest absolute Gasteiger partial charge is 0.350 e. The van der Waals surface area contributed by atoms with Gasteiger partial charge in [0.25, 0.3) is 11.5 Å². The van der Waals surface area contributed by atoms with Crippen LogP contribution >= 0.6 is 12.2 Å². The monoisotopic (exact) mass is 305 g/mol. The fourth-order valence-corrected chi connectivity index (χ4v) is 2.41. The third kappa shape index (κ3) is 3.05. The van der Waals surface area contributed by atoms with Crippen LogP contribution in [0.4, 0.5) is 0 Å². The molecule has 0 fully saturated rings. The number of benzene rings is 1. The zero-order valence-electron chi connectivity index (χ0n) is 12.4. The van der Waals surface area contributed by atoms with Crippen molar-refractivity contribution in [2.45, 2.75) is 39.8 Å². The van der Waals surface area contributed by atoms with Gasteiger partial charge in [0.05, 0.1) is 10.9 Å². The lowest BCUT2D eigenvalue weighted by atomic mass is 10.1. The first-order valence-corrected chi connectivity index (χ1v) is 7.46. The van der Waals surface area contributed by atoms with E-state index >= 15 is 0 Å². The maximum absolute atomic E-state index is 12.3. The van der Waals surface area contributed by atoms with Crippen molar-refractivity contribution in [1.29, 1.82) is 0 Å². The highest BCUT2D eigenvalue weighted by Crippen LogP contribution is 2.11. The fourth-order valence-electron chi connectivity index (χ4n) is 2.09. The second-order valence-electron chi connectivity index (χ2n) is 5.02. The summed E-state index contributed by atoms with van der Waals surface area (Å²) in [4.78, 5) is 27.4. The van der Waals surface area contributed by atoms with Crippen molar-refractivity contribution < 1.29 is 4.79 Å². The topological polar surface area (TPSA) is 66.9 Å². The van der Waals surface area contributed by atoms with E-state index < -0.39 is 0 Å². The summed E-state index contributed by atoms with van der Waals surface area (Å²) in [6, 6.07) is 5.11. The minimum Gasteiger partial charge on any atom is -0.350 e. The molecule has 6 heteroatoms. The number of rotatable bonds is 4. The number of hydrogen-bond donors (Lipinski definition) is 2. The predicted octanol–water partition coefficient (Wildman–Crippen LogP) is 2.61. The van der Waals surface area contributed by atoms with Crippen LogP contribution in [-0.4, -0.2) is 21.5 Å². The Morgan fingerprint density at radius 1 is 1.43 bits per heavy atom. The standard InChI is InChI=1S/C15H19N3O2S/c1-4-9(3)16-13(19)10-6-7-11-12(8-10)17-15(21)18(5-2)14(11)20/h6-9H,4-5H2,1-3H3,(H,16,19)(H,17,21)/t9-/m1/s1. The second-order valence-corrected chi connectivity index (χ2v) is 5.41. The Labute approximate surface area is 128 Å². The first kappa shape index (κ1) is 15.4. The highest BCUT2D eigenvalue weighted by Gasteiger charge is 2.11. The van der Waals surface area contributed by atoms with Crippen molar-refractivity contribution in [2.75, 3.05) is 0 Å². The van der Waals surface area contributed by atoms with Crippen LogP contribution in [0.1, 0.15) is 37.6 Å². The maximum atomic E-state index is 12.3. The highest BCUT2D eigenvalue weighted by molar-refractivity contribution is 7.71. The molecule has 0 spiro atoms. The Balaban J connectivity index is 2.50. The van der Waals surface area contributed by atoms with Crippen molar-refractivity contribution in [1.82, 2.24) is 14.9 Å². The van der Waals surface area contributed by atoms with Gasteiger partial charge in [-0.2, -0.15) is 0 Å². The van der Waals surface area contributed by atoms with Gasteiger partial charge in [0.2, 0.25) is 0 Å². The van der Waals surface area contributed by atoms with Crippen LogP contribution in [0.5, 0.6) is 0 Å². The number of nitrogens with zero attached hydrogens (tertiary/aromatic N) is 1. The number of fused-ring (bicyclic) bond motifs is 1. The van der Waals surface area contributed by atoms with E-state index in [1.807, 2.05) is 20.8 Å². The Morgan fingerprint density at radius 2 is 2.14 bits per heavy atom. The average Bonchev–Trinajstić information content (AvgIpc) is 2.46. The Bertz CT molecular complexity index is 792. The van der Waals surface area contributed by atoms with Gasteiger partial charge in [-0.25, -0.2) is 0 Å². The minimum atomic E-state index is -0.148.